The minimum atomic E-state index is -0.546. The van der Waals surface area contributed by atoms with Crippen molar-refractivity contribution in [3.63, 3.8) is 0 Å². The molecule has 40 heavy (non-hydrogen) atoms. The van der Waals surface area contributed by atoms with Crippen LogP contribution in [0.3, 0.4) is 0 Å². The van der Waals surface area contributed by atoms with E-state index in [1.165, 1.54) is 0 Å². The van der Waals surface area contributed by atoms with Crippen LogP contribution in [0.25, 0.3) is 5.57 Å². The van der Waals surface area contributed by atoms with Gasteiger partial charge in [-0.2, -0.15) is 0 Å². The van der Waals surface area contributed by atoms with Crippen LogP contribution in [0, 0.1) is 0 Å². The summed E-state index contributed by atoms with van der Waals surface area (Å²) in [7, 11) is 0. The highest BCUT2D eigenvalue weighted by Gasteiger charge is 2.22. The number of carbonyl (C=O) groups is 1. The third-order valence-corrected chi connectivity index (χ3v) is 6.02. The first kappa shape index (κ1) is 30.3. The Hall–Kier alpha value is -4.25. The minimum absolute atomic E-state index is 0.302. The largest absolute Gasteiger partial charge is 0.493 e. The number of amides is 1. The van der Waals surface area contributed by atoms with Gasteiger partial charge in [0.15, 0.2) is 0 Å². The standard InChI is InChI=1S/C35H42N2O3/c1-7-13-29(14-8-2)32-25-31(21-22-33(32)39-9-3)36-30-19-17-27(18-20-30)23-24-37(34(38)40-35(4,5)6)26-28-15-11-10-12-16-28/h7-8,10-22,25,36H,1,9,23-24,26H2,2-6H3/b14-8-,29-13+. The molecule has 1 amide bonds. The van der Waals surface area contributed by atoms with Crippen molar-refractivity contribution in [2.75, 3.05) is 18.5 Å². The summed E-state index contributed by atoms with van der Waals surface area (Å²) >= 11 is 0. The van der Waals surface area contributed by atoms with Crippen molar-refractivity contribution in [2.45, 2.75) is 53.2 Å². The second-order valence-electron chi connectivity index (χ2n) is 10.5. The molecule has 5 heteroatoms. The Balaban J connectivity index is 1.72. The average Bonchev–Trinajstić information content (AvgIpc) is 2.92. The van der Waals surface area contributed by atoms with Crippen LogP contribution in [0.2, 0.25) is 0 Å². The number of hydrogen-bond donors (Lipinski definition) is 1. The third-order valence-electron chi connectivity index (χ3n) is 6.02. The fourth-order valence-electron chi connectivity index (χ4n) is 4.21. The van der Waals surface area contributed by atoms with E-state index in [0.717, 1.165) is 45.8 Å². The summed E-state index contributed by atoms with van der Waals surface area (Å²) in [5, 5.41) is 3.50. The van der Waals surface area contributed by atoms with Gasteiger partial charge >= 0.3 is 6.09 Å². The zero-order chi connectivity index (χ0) is 29.0. The molecule has 0 atom stereocenters. The van der Waals surface area contributed by atoms with Crippen molar-refractivity contribution in [1.29, 1.82) is 0 Å². The van der Waals surface area contributed by atoms with Crippen molar-refractivity contribution in [1.82, 2.24) is 4.90 Å². The van der Waals surface area contributed by atoms with Gasteiger partial charge in [-0.15, -0.1) is 0 Å². The Labute approximate surface area is 239 Å². The molecule has 0 fully saturated rings. The molecule has 0 spiro atoms. The maximum absolute atomic E-state index is 12.9. The van der Waals surface area contributed by atoms with Crippen molar-refractivity contribution >= 4 is 23.0 Å². The summed E-state index contributed by atoms with van der Waals surface area (Å²) in [4.78, 5) is 14.7. The van der Waals surface area contributed by atoms with Crippen LogP contribution in [0.1, 0.15) is 51.3 Å². The minimum Gasteiger partial charge on any atom is -0.493 e. The van der Waals surface area contributed by atoms with Gasteiger partial charge in [0.25, 0.3) is 0 Å². The summed E-state index contributed by atoms with van der Waals surface area (Å²) in [6, 6.07) is 24.4. The summed E-state index contributed by atoms with van der Waals surface area (Å²) in [6.07, 6.45) is 8.24. The van der Waals surface area contributed by atoms with E-state index in [1.807, 2.05) is 89.2 Å². The second kappa shape index (κ2) is 14.8. The lowest BCUT2D eigenvalue weighted by Crippen LogP contribution is -2.37. The monoisotopic (exact) mass is 538 g/mol. The SMILES string of the molecule is C=C/C=C(\C=C/C)c1cc(Nc2ccc(CCN(Cc3ccccc3)C(=O)OC(C)(C)C)cc2)ccc1OCC. The van der Waals surface area contributed by atoms with E-state index in [-0.39, 0.29) is 6.09 Å². The lowest BCUT2D eigenvalue weighted by molar-refractivity contribution is 0.0236. The van der Waals surface area contributed by atoms with Crippen LogP contribution in [0.4, 0.5) is 16.2 Å². The fraction of sp³-hybridized carbons (Fsp3) is 0.286. The Morgan fingerprint density at radius 3 is 2.30 bits per heavy atom. The Bertz CT molecular complexity index is 1300. The summed E-state index contributed by atoms with van der Waals surface area (Å²) in [6.45, 7) is 15.2. The Kier molecular flexibility index (Phi) is 11.2. The molecule has 3 aromatic carbocycles. The first-order chi connectivity index (χ1) is 19.2. The number of anilines is 2. The van der Waals surface area contributed by atoms with E-state index >= 15 is 0 Å². The molecule has 0 saturated carbocycles. The maximum atomic E-state index is 12.9. The number of hydrogen-bond acceptors (Lipinski definition) is 4. The zero-order valence-electron chi connectivity index (χ0n) is 24.4. The molecule has 0 aliphatic heterocycles. The number of rotatable bonds is 12. The Morgan fingerprint density at radius 1 is 0.975 bits per heavy atom. The molecule has 0 aliphatic carbocycles. The number of benzene rings is 3. The number of allylic oxidation sites excluding steroid dienone is 5. The predicted molar refractivity (Wildman–Crippen MR) is 167 cm³/mol. The molecule has 0 aromatic heterocycles. The molecule has 0 heterocycles. The van der Waals surface area contributed by atoms with E-state index < -0.39 is 5.60 Å². The van der Waals surface area contributed by atoms with Gasteiger partial charge in [-0.1, -0.05) is 73.3 Å². The number of carbonyl (C=O) groups excluding carboxylic acids is 1. The normalized spacial score (nSPS) is 11.8. The molecule has 0 saturated heterocycles. The first-order valence-electron chi connectivity index (χ1n) is 13.8. The van der Waals surface area contributed by atoms with Gasteiger partial charge in [0.1, 0.15) is 11.4 Å². The molecular formula is C35H42N2O3. The third kappa shape index (κ3) is 9.49. The van der Waals surface area contributed by atoms with Crippen molar-refractivity contribution in [3.05, 3.63) is 120 Å². The zero-order valence-corrected chi connectivity index (χ0v) is 24.4. The summed E-state index contributed by atoms with van der Waals surface area (Å²) in [5.74, 6) is 0.833. The molecule has 0 unspecified atom stereocenters. The van der Waals surface area contributed by atoms with Crippen LogP contribution in [0.5, 0.6) is 5.75 Å². The van der Waals surface area contributed by atoms with Crippen LogP contribution in [-0.2, 0) is 17.7 Å². The Morgan fingerprint density at radius 2 is 1.68 bits per heavy atom. The van der Waals surface area contributed by atoms with E-state index in [0.29, 0.717) is 19.7 Å². The van der Waals surface area contributed by atoms with Crippen LogP contribution < -0.4 is 10.1 Å². The molecule has 5 nitrogen and oxygen atoms in total. The summed E-state index contributed by atoms with van der Waals surface area (Å²) < 4.78 is 11.6. The van der Waals surface area contributed by atoms with Crippen LogP contribution in [-0.4, -0.2) is 29.7 Å². The number of nitrogens with one attached hydrogen (secondary N) is 1. The molecule has 3 rings (SSSR count). The number of ether oxygens (including phenoxy) is 2. The quantitative estimate of drug-likeness (QED) is 0.234. The second-order valence-corrected chi connectivity index (χ2v) is 10.5. The van der Waals surface area contributed by atoms with Crippen molar-refractivity contribution in [2.24, 2.45) is 0 Å². The highest BCUT2D eigenvalue weighted by molar-refractivity contribution is 5.81. The topological polar surface area (TPSA) is 50.8 Å². The van der Waals surface area contributed by atoms with Crippen molar-refractivity contribution < 1.29 is 14.3 Å². The predicted octanol–water partition coefficient (Wildman–Crippen LogP) is 8.95. The number of nitrogens with zero attached hydrogens (tertiary/aromatic N) is 1. The molecular weight excluding hydrogens is 496 g/mol. The van der Waals surface area contributed by atoms with Gasteiger partial charge in [0, 0.05) is 30.0 Å². The van der Waals surface area contributed by atoms with Gasteiger partial charge in [0.2, 0.25) is 0 Å². The van der Waals surface area contributed by atoms with E-state index in [1.54, 1.807) is 11.0 Å². The molecule has 210 valence electrons. The van der Waals surface area contributed by atoms with E-state index in [9.17, 15) is 4.79 Å². The molecule has 0 bridgehead atoms. The van der Waals surface area contributed by atoms with Gasteiger partial charge in [-0.05, 0) is 88.1 Å². The van der Waals surface area contributed by atoms with Crippen LogP contribution in [0.15, 0.2) is 104 Å². The van der Waals surface area contributed by atoms with Gasteiger partial charge in [0.05, 0.1) is 6.61 Å². The van der Waals surface area contributed by atoms with Crippen LogP contribution >= 0.6 is 0 Å². The maximum Gasteiger partial charge on any atom is 0.410 e. The van der Waals surface area contributed by atoms with Gasteiger partial charge in [-0.3, -0.25) is 0 Å². The van der Waals surface area contributed by atoms with Crippen molar-refractivity contribution in [3.8, 4) is 5.75 Å². The molecule has 0 radical (unpaired) electrons. The highest BCUT2D eigenvalue weighted by atomic mass is 16.6. The lowest BCUT2D eigenvalue weighted by atomic mass is 10.0. The van der Waals surface area contributed by atoms with Gasteiger partial charge in [-0.25, -0.2) is 4.79 Å². The highest BCUT2D eigenvalue weighted by Crippen LogP contribution is 2.32. The average molecular weight is 539 g/mol. The molecule has 3 aromatic rings. The summed E-state index contributed by atoms with van der Waals surface area (Å²) in [5.41, 5.74) is 5.64. The fourth-order valence-corrected chi connectivity index (χ4v) is 4.21. The molecule has 1 N–H and O–H groups in total. The lowest BCUT2D eigenvalue weighted by Gasteiger charge is -2.27. The van der Waals surface area contributed by atoms with E-state index in [2.05, 4.69) is 48.3 Å². The van der Waals surface area contributed by atoms with Gasteiger partial charge < -0.3 is 19.7 Å². The van der Waals surface area contributed by atoms with E-state index in [4.69, 9.17) is 9.47 Å². The molecule has 0 aliphatic rings. The smallest absolute Gasteiger partial charge is 0.410 e. The first-order valence-corrected chi connectivity index (χ1v) is 13.8.